The Hall–Kier alpha value is -1.97. The third-order valence-corrected chi connectivity index (χ3v) is 4.83. The maximum Gasteiger partial charge on any atom is 0.347 e. The van der Waals surface area contributed by atoms with E-state index in [9.17, 15) is 4.79 Å². The van der Waals surface area contributed by atoms with Crippen molar-refractivity contribution in [3.8, 4) is 11.5 Å². The summed E-state index contributed by atoms with van der Waals surface area (Å²) in [6.45, 7) is 2.25. The Labute approximate surface area is 156 Å². The molecule has 0 amide bonds. The van der Waals surface area contributed by atoms with Crippen molar-refractivity contribution in [3.05, 3.63) is 34.4 Å². The maximum absolute atomic E-state index is 12.4. The average Bonchev–Trinajstić information content (AvgIpc) is 2.65. The summed E-state index contributed by atoms with van der Waals surface area (Å²) in [5, 5.41) is 1.28. The molecule has 1 aromatic carbocycles. The lowest BCUT2D eigenvalue weighted by atomic mass is 10.1. The second kappa shape index (κ2) is 10.9. The third kappa shape index (κ3) is 5.79. The van der Waals surface area contributed by atoms with Crippen LogP contribution >= 0.6 is 0 Å². The summed E-state index contributed by atoms with van der Waals surface area (Å²) in [4.78, 5) is 12.4. The Morgan fingerprint density at radius 1 is 0.846 bits per heavy atom. The van der Waals surface area contributed by atoms with Gasteiger partial charge >= 0.3 is 5.63 Å². The van der Waals surface area contributed by atoms with Crippen molar-refractivity contribution in [1.29, 1.82) is 0 Å². The van der Waals surface area contributed by atoms with Gasteiger partial charge in [0, 0.05) is 12.5 Å². The van der Waals surface area contributed by atoms with E-state index < -0.39 is 0 Å². The van der Waals surface area contributed by atoms with Crippen LogP contribution < -0.4 is 15.1 Å². The van der Waals surface area contributed by atoms with Crippen LogP contribution in [0.2, 0.25) is 0 Å². The highest BCUT2D eigenvalue weighted by atomic mass is 16.5. The molecule has 0 radical (unpaired) electrons. The molecule has 4 heteroatoms. The van der Waals surface area contributed by atoms with Crippen LogP contribution in [-0.4, -0.2) is 14.2 Å². The predicted octanol–water partition coefficient (Wildman–Crippen LogP) is 5.88. The number of hydrogen-bond acceptors (Lipinski definition) is 4. The molecule has 0 atom stereocenters. The smallest absolute Gasteiger partial charge is 0.347 e. The van der Waals surface area contributed by atoms with Gasteiger partial charge in [-0.05, 0) is 23.9 Å². The molecule has 0 aliphatic heterocycles. The summed E-state index contributed by atoms with van der Waals surface area (Å²) < 4.78 is 16.1. The minimum absolute atomic E-state index is 0.340. The van der Waals surface area contributed by atoms with Crippen LogP contribution in [0.1, 0.15) is 70.5 Å². The van der Waals surface area contributed by atoms with Gasteiger partial charge in [0.25, 0.3) is 0 Å². The van der Waals surface area contributed by atoms with Crippen LogP contribution in [0.25, 0.3) is 10.8 Å². The van der Waals surface area contributed by atoms with E-state index in [1.165, 1.54) is 51.4 Å². The molecular weight excluding hydrogens is 328 g/mol. The lowest BCUT2D eigenvalue weighted by Gasteiger charge is -2.09. The number of rotatable bonds is 12. The number of benzene rings is 1. The minimum atomic E-state index is -0.340. The van der Waals surface area contributed by atoms with Gasteiger partial charge in [0.2, 0.25) is 0 Å². The summed E-state index contributed by atoms with van der Waals surface area (Å²) in [5.74, 6) is 1.90. The van der Waals surface area contributed by atoms with E-state index >= 15 is 0 Å². The molecule has 2 aromatic rings. The van der Waals surface area contributed by atoms with Gasteiger partial charge in [-0.1, -0.05) is 58.3 Å². The topological polar surface area (TPSA) is 48.7 Å². The zero-order valence-electron chi connectivity index (χ0n) is 16.4. The lowest BCUT2D eigenvalue weighted by Crippen LogP contribution is -2.05. The summed E-state index contributed by atoms with van der Waals surface area (Å²) in [7, 11) is 3.15. The van der Waals surface area contributed by atoms with Crippen LogP contribution in [0.3, 0.4) is 0 Å². The zero-order chi connectivity index (χ0) is 18.8. The molecule has 0 saturated carbocycles. The van der Waals surface area contributed by atoms with E-state index in [2.05, 4.69) is 6.92 Å². The number of methoxy groups -OCH3 is 2. The minimum Gasteiger partial charge on any atom is -0.497 e. The Kier molecular flexibility index (Phi) is 8.52. The van der Waals surface area contributed by atoms with E-state index in [4.69, 9.17) is 13.9 Å². The molecule has 26 heavy (non-hydrogen) atoms. The van der Waals surface area contributed by atoms with E-state index in [0.717, 1.165) is 24.0 Å². The van der Waals surface area contributed by atoms with Crippen molar-refractivity contribution in [2.24, 2.45) is 0 Å². The quantitative estimate of drug-likeness (QED) is 0.443. The predicted molar refractivity (Wildman–Crippen MR) is 107 cm³/mol. The van der Waals surface area contributed by atoms with Gasteiger partial charge in [0.15, 0.2) is 0 Å². The molecule has 0 aliphatic carbocycles. The van der Waals surface area contributed by atoms with Crippen LogP contribution in [0, 0.1) is 0 Å². The molecule has 0 bridgehead atoms. The van der Waals surface area contributed by atoms with Crippen LogP contribution in [0.4, 0.5) is 0 Å². The molecule has 0 aliphatic rings. The Balaban J connectivity index is 1.89. The summed E-state index contributed by atoms with van der Waals surface area (Å²) >= 11 is 0. The van der Waals surface area contributed by atoms with Crippen LogP contribution in [0.15, 0.2) is 27.4 Å². The molecule has 2 rings (SSSR count). The second-order valence-corrected chi connectivity index (χ2v) is 6.87. The van der Waals surface area contributed by atoms with Crippen molar-refractivity contribution in [1.82, 2.24) is 0 Å². The fourth-order valence-corrected chi connectivity index (χ4v) is 3.33. The highest BCUT2D eigenvalue weighted by Gasteiger charge is 2.12. The monoisotopic (exact) mass is 360 g/mol. The number of unbranched alkanes of at least 4 members (excludes halogenated alkanes) is 8. The molecule has 0 spiro atoms. The first-order chi connectivity index (χ1) is 12.7. The highest BCUT2D eigenvalue weighted by Crippen LogP contribution is 2.29. The fraction of sp³-hybridized carbons (Fsp3) is 0.591. The van der Waals surface area contributed by atoms with Crippen molar-refractivity contribution in [3.63, 3.8) is 0 Å². The lowest BCUT2D eigenvalue weighted by molar-refractivity contribution is 0.395. The summed E-state index contributed by atoms with van der Waals surface area (Å²) in [6.07, 6.45) is 12.3. The molecule has 0 saturated heterocycles. The average molecular weight is 360 g/mol. The molecule has 1 aromatic heterocycles. The van der Waals surface area contributed by atoms with E-state index in [0.29, 0.717) is 16.9 Å². The molecule has 4 nitrogen and oxygen atoms in total. The largest absolute Gasteiger partial charge is 0.497 e. The third-order valence-electron chi connectivity index (χ3n) is 4.83. The van der Waals surface area contributed by atoms with Gasteiger partial charge in [0.05, 0.1) is 14.2 Å². The first-order valence-corrected chi connectivity index (χ1v) is 9.88. The van der Waals surface area contributed by atoms with Gasteiger partial charge in [-0.15, -0.1) is 0 Å². The number of ether oxygens (including phenoxy) is 2. The van der Waals surface area contributed by atoms with Gasteiger partial charge in [-0.2, -0.15) is 0 Å². The van der Waals surface area contributed by atoms with Gasteiger partial charge < -0.3 is 13.9 Å². The Morgan fingerprint density at radius 3 is 2.12 bits per heavy atom. The molecule has 0 unspecified atom stereocenters. The fourth-order valence-electron chi connectivity index (χ4n) is 3.33. The SMILES string of the molecule is CCCCCCCCCCCc1cc2cc(OC)cc(OC)c2c(=O)o1. The Morgan fingerprint density at radius 2 is 1.50 bits per heavy atom. The number of hydrogen-bond donors (Lipinski definition) is 0. The van der Waals surface area contributed by atoms with Gasteiger partial charge in [0.1, 0.15) is 22.6 Å². The molecule has 0 fully saturated rings. The van der Waals surface area contributed by atoms with Crippen molar-refractivity contribution < 1.29 is 13.9 Å². The first-order valence-electron chi connectivity index (χ1n) is 9.88. The molecular formula is C22H32O4. The first kappa shape index (κ1) is 20.3. The van der Waals surface area contributed by atoms with E-state index in [-0.39, 0.29) is 5.63 Å². The van der Waals surface area contributed by atoms with Crippen molar-refractivity contribution in [2.45, 2.75) is 71.1 Å². The number of fused-ring (bicyclic) bond motifs is 1. The maximum atomic E-state index is 12.4. The molecule has 0 N–H and O–H groups in total. The molecule has 1 heterocycles. The summed E-state index contributed by atoms with van der Waals surface area (Å²) in [6, 6.07) is 5.50. The van der Waals surface area contributed by atoms with Crippen LogP contribution in [0.5, 0.6) is 11.5 Å². The van der Waals surface area contributed by atoms with Gasteiger partial charge in [-0.3, -0.25) is 0 Å². The normalized spacial score (nSPS) is 11.0. The van der Waals surface area contributed by atoms with Crippen molar-refractivity contribution in [2.75, 3.05) is 14.2 Å². The molecule has 144 valence electrons. The zero-order valence-corrected chi connectivity index (χ0v) is 16.4. The van der Waals surface area contributed by atoms with E-state index in [1.54, 1.807) is 20.3 Å². The number of aryl methyl sites for hydroxylation is 1. The van der Waals surface area contributed by atoms with Crippen molar-refractivity contribution >= 4 is 10.8 Å². The second-order valence-electron chi connectivity index (χ2n) is 6.87. The highest BCUT2D eigenvalue weighted by molar-refractivity contribution is 5.88. The summed E-state index contributed by atoms with van der Waals surface area (Å²) in [5.41, 5.74) is -0.340. The standard InChI is InChI=1S/C22H32O4/c1-4-5-6-7-8-9-10-11-12-13-18-14-17-15-19(24-2)16-20(25-3)21(17)22(23)26-18/h14-16H,4-13H2,1-3H3. The van der Waals surface area contributed by atoms with E-state index in [1.807, 2.05) is 12.1 Å². The Bertz CT molecular complexity index is 733. The van der Waals surface area contributed by atoms with Crippen LogP contribution in [-0.2, 0) is 6.42 Å². The van der Waals surface area contributed by atoms with Gasteiger partial charge in [-0.25, -0.2) is 4.79 Å².